The van der Waals surface area contributed by atoms with E-state index >= 15 is 0 Å². The highest BCUT2D eigenvalue weighted by molar-refractivity contribution is 5.80. The third-order valence-electron chi connectivity index (χ3n) is 5.29. The third kappa shape index (κ3) is 5.43. The zero-order valence-corrected chi connectivity index (χ0v) is 16.3. The van der Waals surface area contributed by atoms with Gasteiger partial charge >= 0.3 is 0 Å². The molecule has 0 bridgehead atoms. The van der Waals surface area contributed by atoms with Crippen LogP contribution < -0.4 is 4.74 Å². The lowest BCUT2D eigenvalue weighted by molar-refractivity contribution is -0.141. The summed E-state index contributed by atoms with van der Waals surface area (Å²) in [4.78, 5) is 30.6. The summed E-state index contributed by atoms with van der Waals surface area (Å²) in [6.07, 6.45) is 0. The molecular weight excluding hydrogens is 346 g/mol. The van der Waals surface area contributed by atoms with Crippen LogP contribution in [0.5, 0.6) is 5.75 Å². The summed E-state index contributed by atoms with van der Waals surface area (Å²) in [6.45, 7) is 9.82. The lowest BCUT2D eigenvalue weighted by atomic mass is 10.1. The first-order valence-corrected chi connectivity index (χ1v) is 9.58. The van der Waals surface area contributed by atoms with Crippen LogP contribution in [0, 0.1) is 13.8 Å². The standard InChI is InChI=1S/C20H29N3O4/c1-16-3-4-18(13-17(16)2)27-15-20(25)23-7-5-22(6-8-23)19(24)14-21-9-11-26-12-10-21/h3-4,13H,5-12,14-15H2,1-2H3. The van der Waals surface area contributed by atoms with E-state index in [0.717, 1.165) is 18.7 Å². The molecule has 0 aromatic heterocycles. The molecule has 0 atom stereocenters. The number of hydrogen-bond donors (Lipinski definition) is 0. The maximum atomic E-state index is 12.4. The van der Waals surface area contributed by atoms with Crippen LogP contribution in [-0.4, -0.2) is 92.1 Å². The van der Waals surface area contributed by atoms with E-state index in [2.05, 4.69) is 4.90 Å². The van der Waals surface area contributed by atoms with Crippen molar-refractivity contribution in [3.05, 3.63) is 29.3 Å². The summed E-state index contributed by atoms with van der Waals surface area (Å²) in [5.74, 6) is 0.815. The second-order valence-electron chi connectivity index (χ2n) is 7.18. The number of hydrogen-bond acceptors (Lipinski definition) is 5. The Hall–Kier alpha value is -2.12. The van der Waals surface area contributed by atoms with Crippen LogP contribution in [0.15, 0.2) is 18.2 Å². The van der Waals surface area contributed by atoms with Gasteiger partial charge in [-0.2, -0.15) is 0 Å². The molecule has 1 aromatic rings. The Morgan fingerprint density at radius 2 is 1.56 bits per heavy atom. The Morgan fingerprint density at radius 3 is 2.19 bits per heavy atom. The molecule has 2 saturated heterocycles. The average molecular weight is 375 g/mol. The van der Waals surface area contributed by atoms with Crippen LogP contribution in [0.4, 0.5) is 0 Å². The van der Waals surface area contributed by atoms with E-state index in [1.165, 1.54) is 5.56 Å². The zero-order chi connectivity index (χ0) is 19.2. The summed E-state index contributed by atoms with van der Waals surface area (Å²) < 4.78 is 11.0. The minimum absolute atomic E-state index is 0.0320. The van der Waals surface area contributed by atoms with Gasteiger partial charge in [-0.1, -0.05) is 6.07 Å². The third-order valence-corrected chi connectivity index (χ3v) is 5.29. The molecule has 0 saturated carbocycles. The molecule has 7 nitrogen and oxygen atoms in total. The van der Waals surface area contributed by atoms with Crippen molar-refractivity contribution in [2.45, 2.75) is 13.8 Å². The summed E-state index contributed by atoms with van der Waals surface area (Å²) in [5.41, 5.74) is 2.35. The second-order valence-corrected chi connectivity index (χ2v) is 7.18. The van der Waals surface area contributed by atoms with Crippen molar-refractivity contribution in [1.29, 1.82) is 0 Å². The molecule has 3 rings (SSSR count). The molecule has 0 unspecified atom stereocenters. The van der Waals surface area contributed by atoms with Crippen molar-refractivity contribution in [3.8, 4) is 5.75 Å². The molecule has 0 aliphatic carbocycles. The lowest BCUT2D eigenvalue weighted by Gasteiger charge is -2.36. The van der Waals surface area contributed by atoms with E-state index in [0.29, 0.717) is 51.7 Å². The predicted octanol–water partition coefficient (Wildman–Crippen LogP) is 0.685. The summed E-state index contributed by atoms with van der Waals surface area (Å²) >= 11 is 0. The van der Waals surface area contributed by atoms with E-state index in [-0.39, 0.29) is 18.4 Å². The Kier molecular flexibility index (Phi) is 6.68. The maximum absolute atomic E-state index is 12.4. The van der Waals surface area contributed by atoms with Gasteiger partial charge in [-0.15, -0.1) is 0 Å². The normalized spacial score (nSPS) is 18.4. The van der Waals surface area contributed by atoms with Crippen LogP contribution in [-0.2, 0) is 14.3 Å². The number of aryl methyl sites for hydroxylation is 2. The molecule has 2 fully saturated rings. The second kappa shape index (κ2) is 9.19. The molecule has 7 heteroatoms. The number of piperazine rings is 1. The molecule has 148 valence electrons. The van der Waals surface area contributed by atoms with Crippen molar-refractivity contribution < 1.29 is 19.1 Å². The summed E-state index contributed by atoms with van der Waals surface area (Å²) in [7, 11) is 0. The molecule has 0 radical (unpaired) electrons. The zero-order valence-electron chi connectivity index (χ0n) is 16.3. The summed E-state index contributed by atoms with van der Waals surface area (Å²) in [6, 6.07) is 5.83. The first-order chi connectivity index (χ1) is 13.0. The van der Waals surface area contributed by atoms with E-state index in [1.54, 1.807) is 4.90 Å². The topological polar surface area (TPSA) is 62.3 Å². The number of ether oxygens (including phenoxy) is 2. The van der Waals surface area contributed by atoms with Crippen molar-refractivity contribution in [3.63, 3.8) is 0 Å². The number of amides is 2. The quantitative estimate of drug-likeness (QED) is 0.758. The Bertz CT molecular complexity index is 665. The number of nitrogens with zero attached hydrogens (tertiary/aromatic N) is 3. The van der Waals surface area contributed by atoms with E-state index in [4.69, 9.17) is 9.47 Å². The first-order valence-electron chi connectivity index (χ1n) is 9.58. The van der Waals surface area contributed by atoms with Crippen LogP contribution >= 0.6 is 0 Å². The van der Waals surface area contributed by atoms with Gasteiger partial charge in [0.15, 0.2) is 6.61 Å². The molecule has 2 aliphatic rings. The van der Waals surface area contributed by atoms with Gasteiger partial charge in [0.2, 0.25) is 5.91 Å². The molecule has 1 aromatic carbocycles. The minimum Gasteiger partial charge on any atom is -0.484 e. The molecule has 0 N–H and O–H groups in total. The Morgan fingerprint density at radius 1 is 0.926 bits per heavy atom. The van der Waals surface area contributed by atoms with Gasteiger partial charge in [0.05, 0.1) is 19.8 Å². The van der Waals surface area contributed by atoms with Gasteiger partial charge < -0.3 is 19.3 Å². The molecule has 0 spiro atoms. The van der Waals surface area contributed by atoms with Gasteiger partial charge in [0.1, 0.15) is 5.75 Å². The highest BCUT2D eigenvalue weighted by atomic mass is 16.5. The number of carbonyl (C=O) groups excluding carboxylic acids is 2. The fourth-order valence-electron chi connectivity index (χ4n) is 3.30. The van der Waals surface area contributed by atoms with Crippen LogP contribution in [0.3, 0.4) is 0 Å². The highest BCUT2D eigenvalue weighted by Crippen LogP contribution is 2.16. The summed E-state index contributed by atoms with van der Waals surface area (Å²) in [5, 5.41) is 0. The largest absolute Gasteiger partial charge is 0.484 e. The predicted molar refractivity (Wildman–Crippen MR) is 102 cm³/mol. The Balaban J connectivity index is 1.40. The van der Waals surface area contributed by atoms with Crippen molar-refractivity contribution in [2.75, 3.05) is 65.6 Å². The first kappa shape index (κ1) is 19.6. The van der Waals surface area contributed by atoms with Crippen LogP contribution in [0.1, 0.15) is 11.1 Å². The van der Waals surface area contributed by atoms with E-state index in [9.17, 15) is 9.59 Å². The van der Waals surface area contributed by atoms with Gasteiger partial charge in [0, 0.05) is 39.3 Å². The average Bonchev–Trinajstić information content (AvgIpc) is 2.69. The number of carbonyl (C=O) groups is 2. The number of rotatable bonds is 5. The van der Waals surface area contributed by atoms with E-state index in [1.807, 2.05) is 36.9 Å². The fourth-order valence-corrected chi connectivity index (χ4v) is 3.30. The SMILES string of the molecule is Cc1ccc(OCC(=O)N2CCN(C(=O)CN3CCOCC3)CC2)cc1C. The van der Waals surface area contributed by atoms with Gasteiger partial charge in [-0.25, -0.2) is 0 Å². The number of benzene rings is 1. The minimum atomic E-state index is -0.0338. The van der Waals surface area contributed by atoms with Gasteiger partial charge in [-0.05, 0) is 37.1 Å². The lowest BCUT2D eigenvalue weighted by Crippen LogP contribution is -2.54. The smallest absolute Gasteiger partial charge is 0.260 e. The highest BCUT2D eigenvalue weighted by Gasteiger charge is 2.25. The monoisotopic (exact) mass is 375 g/mol. The van der Waals surface area contributed by atoms with Crippen molar-refractivity contribution >= 4 is 11.8 Å². The fraction of sp³-hybridized carbons (Fsp3) is 0.600. The van der Waals surface area contributed by atoms with Crippen molar-refractivity contribution in [2.24, 2.45) is 0 Å². The van der Waals surface area contributed by atoms with Gasteiger partial charge in [-0.3, -0.25) is 14.5 Å². The van der Waals surface area contributed by atoms with Crippen LogP contribution in [0.25, 0.3) is 0 Å². The Labute approximate surface area is 160 Å². The molecule has 2 amide bonds. The van der Waals surface area contributed by atoms with Crippen molar-refractivity contribution in [1.82, 2.24) is 14.7 Å². The van der Waals surface area contributed by atoms with Crippen LogP contribution in [0.2, 0.25) is 0 Å². The van der Waals surface area contributed by atoms with E-state index < -0.39 is 0 Å². The maximum Gasteiger partial charge on any atom is 0.260 e. The molecule has 2 heterocycles. The molecule has 27 heavy (non-hydrogen) atoms. The van der Waals surface area contributed by atoms with Gasteiger partial charge in [0.25, 0.3) is 5.91 Å². The molecular formula is C20H29N3O4. The number of morpholine rings is 1. The molecule has 2 aliphatic heterocycles.